The fraction of sp³-hybridized carbons (Fsp3) is 0.516. The number of likely N-dealkylation sites (tertiary alicyclic amines) is 1. The van der Waals surface area contributed by atoms with E-state index in [1.807, 2.05) is 42.5 Å². The maximum absolute atomic E-state index is 14.1. The summed E-state index contributed by atoms with van der Waals surface area (Å²) in [6.07, 6.45) is 3.94. The van der Waals surface area contributed by atoms with Crippen molar-refractivity contribution in [1.82, 2.24) is 20.9 Å². The monoisotopic (exact) mass is 518 g/mol. The second-order valence-electron chi connectivity index (χ2n) is 11.2. The van der Waals surface area contributed by atoms with Gasteiger partial charge in [0.1, 0.15) is 12.1 Å². The number of carbonyl (C=O) groups is 3. The van der Waals surface area contributed by atoms with Crippen LogP contribution in [0.4, 0.5) is 0 Å². The Morgan fingerprint density at radius 2 is 1.71 bits per heavy atom. The number of hydrogen-bond donors (Lipinski definition) is 3. The van der Waals surface area contributed by atoms with Crippen LogP contribution in [-0.4, -0.2) is 54.3 Å². The first kappa shape index (κ1) is 27.8. The molecule has 5 atom stereocenters. The lowest BCUT2D eigenvalue weighted by molar-refractivity contribution is -0.141. The molecule has 1 aliphatic heterocycles. The minimum atomic E-state index is -0.752. The first-order valence-electron chi connectivity index (χ1n) is 14.0. The fourth-order valence-electron chi connectivity index (χ4n) is 5.69. The van der Waals surface area contributed by atoms with Gasteiger partial charge in [-0.3, -0.25) is 14.4 Å². The van der Waals surface area contributed by atoms with Gasteiger partial charge in [-0.1, -0.05) is 68.4 Å². The molecule has 0 radical (unpaired) electrons. The van der Waals surface area contributed by atoms with Crippen molar-refractivity contribution in [3.05, 3.63) is 71.3 Å². The van der Waals surface area contributed by atoms with E-state index in [2.05, 4.69) is 41.9 Å². The Morgan fingerprint density at radius 3 is 2.42 bits per heavy atom. The largest absolute Gasteiger partial charge is 0.347 e. The average Bonchev–Trinajstić information content (AvgIpc) is 3.39. The van der Waals surface area contributed by atoms with E-state index >= 15 is 0 Å². The van der Waals surface area contributed by atoms with Crippen LogP contribution in [0.15, 0.2) is 54.6 Å². The maximum Gasteiger partial charge on any atom is 0.246 e. The number of benzene rings is 2. The van der Waals surface area contributed by atoms with Crippen molar-refractivity contribution < 1.29 is 14.4 Å². The number of amides is 3. The first-order chi connectivity index (χ1) is 18.3. The number of nitrogens with zero attached hydrogens (tertiary/aromatic N) is 1. The third-order valence-electron chi connectivity index (χ3n) is 8.27. The Bertz CT molecular complexity index is 1120. The molecule has 7 heteroatoms. The van der Waals surface area contributed by atoms with Crippen LogP contribution in [0.2, 0.25) is 0 Å². The minimum Gasteiger partial charge on any atom is -0.347 e. The lowest BCUT2D eigenvalue weighted by atomic mass is 9.87. The molecule has 2 aromatic rings. The van der Waals surface area contributed by atoms with E-state index in [1.54, 1.807) is 18.9 Å². The molecule has 0 spiro atoms. The predicted molar refractivity (Wildman–Crippen MR) is 149 cm³/mol. The number of fused-ring (bicyclic) bond motifs is 1. The smallest absolute Gasteiger partial charge is 0.246 e. The summed E-state index contributed by atoms with van der Waals surface area (Å²) < 4.78 is 0. The summed E-state index contributed by atoms with van der Waals surface area (Å²) in [5, 5.41) is 9.20. The Kier molecular flexibility index (Phi) is 9.21. The van der Waals surface area contributed by atoms with Crippen LogP contribution >= 0.6 is 0 Å². The van der Waals surface area contributed by atoms with E-state index in [0.29, 0.717) is 25.3 Å². The molecule has 0 bridgehead atoms. The third-order valence-corrected chi connectivity index (χ3v) is 8.27. The molecule has 1 aliphatic carbocycles. The van der Waals surface area contributed by atoms with Crippen LogP contribution < -0.4 is 16.0 Å². The molecular weight excluding hydrogens is 476 g/mol. The molecule has 2 aliphatic rings. The van der Waals surface area contributed by atoms with Crippen molar-refractivity contribution in [2.75, 3.05) is 13.6 Å². The standard InChI is InChI=1S/C31H42N4O3/c1-20(2)24-18-28(30(37)33-26-16-10-14-23-13-8-9-15-25(23)26)35(19-24)31(38)27(34-29(36)21(3)32-4)17-22-11-6-5-7-12-22/h5-9,11-13,15,20-21,24,26-28,32H,10,14,16-19H2,1-4H3,(H,33,37)(H,34,36)/t21-,24-,26+,27-,28-/m0/s1. The second-order valence-corrected chi connectivity index (χ2v) is 11.2. The number of nitrogens with one attached hydrogen (secondary N) is 3. The van der Waals surface area contributed by atoms with E-state index < -0.39 is 18.1 Å². The highest BCUT2D eigenvalue weighted by Crippen LogP contribution is 2.33. The van der Waals surface area contributed by atoms with Crippen LogP contribution in [0, 0.1) is 11.8 Å². The van der Waals surface area contributed by atoms with Crippen molar-refractivity contribution in [3.63, 3.8) is 0 Å². The lowest BCUT2D eigenvalue weighted by Gasteiger charge is -2.32. The predicted octanol–water partition coefficient (Wildman–Crippen LogP) is 3.39. The SMILES string of the molecule is CN[C@@H](C)C(=O)N[C@@H](Cc1ccccc1)C(=O)N1C[C@@H](C(C)C)C[C@H]1C(=O)N[C@@H]1CCCc2ccccc21. The zero-order valence-corrected chi connectivity index (χ0v) is 23.1. The summed E-state index contributed by atoms with van der Waals surface area (Å²) in [7, 11) is 1.72. The van der Waals surface area contributed by atoms with Crippen molar-refractivity contribution >= 4 is 17.7 Å². The summed E-state index contributed by atoms with van der Waals surface area (Å²) in [5.74, 6) is 0.0262. The van der Waals surface area contributed by atoms with E-state index in [1.165, 1.54) is 11.1 Å². The highest BCUT2D eigenvalue weighted by Gasteiger charge is 2.43. The van der Waals surface area contributed by atoms with Gasteiger partial charge >= 0.3 is 0 Å². The highest BCUT2D eigenvalue weighted by molar-refractivity contribution is 5.93. The Balaban J connectivity index is 1.57. The molecule has 204 valence electrons. The lowest BCUT2D eigenvalue weighted by Crippen LogP contribution is -2.56. The van der Waals surface area contributed by atoms with Gasteiger partial charge in [-0.15, -0.1) is 0 Å². The van der Waals surface area contributed by atoms with Gasteiger partial charge in [-0.2, -0.15) is 0 Å². The van der Waals surface area contributed by atoms with E-state index in [0.717, 1.165) is 24.8 Å². The zero-order valence-electron chi connectivity index (χ0n) is 23.1. The van der Waals surface area contributed by atoms with Gasteiger partial charge in [-0.05, 0) is 68.2 Å². The van der Waals surface area contributed by atoms with E-state index in [4.69, 9.17) is 0 Å². The van der Waals surface area contributed by atoms with Gasteiger partial charge in [0.05, 0.1) is 12.1 Å². The molecule has 4 rings (SSSR count). The van der Waals surface area contributed by atoms with Gasteiger partial charge in [-0.25, -0.2) is 0 Å². The van der Waals surface area contributed by atoms with Crippen LogP contribution in [0.25, 0.3) is 0 Å². The molecule has 2 aromatic carbocycles. The molecule has 3 amide bonds. The first-order valence-corrected chi connectivity index (χ1v) is 14.0. The fourth-order valence-corrected chi connectivity index (χ4v) is 5.69. The molecule has 1 fully saturated rings. The third kappa shape index (κ3) is 6.44. The van der Waals surface area contributed by atoms with Crippen LogP contribution in [0.3, 0.4) is 0 Å². The minimum absolute atomic E-state index is 0.0428. The maximum atomic E-state index is 14.1. The van der Waals surface area contributed by atoms with Gasteiger partial charge < -0.3 is 20.9 Å². The van der Waals surface area contributed by atoms with Gasteiger partial charge in [0.2, 0.25) is 17.7 Å². The average molecular weight is 519 g/mol. The van der Waals surface area contributed by atoms with Crippen LogP contribution in [-0.2, 0) is 27.2 Å². The van der Waals surface area contributed by atoms with Crippen molar-refractivity contribution in [2.24, 2.45) is 11.8 Å². The van der Waals surface area contributed by atoms with Gasteiger partial charge in [0.25, 0.3) is 0 Å². The number of likely N-dealkylation sites (N-methyl/N-ethyl adjacent to an activating group) is 1. The highest BCUT2D eigenvalue weighted by atomic mass is 16.2. The number of carbonyl (C=O) groups excluding carboxylic acids is 3. The number of aryl methyl sites for hydroxylation is 1. The van der Waals surface area contributed by atoms with Crippen molar-refractivity contribution in [3.8, 4) is 0 Å². The Morgan fingerprint density at radius 1 is 1.00 bits per heavy atom. The summed E-state index contributed by atoms with van der Waals surface area (Å²) >= 11 is 0. The second kappa shape index (κ2) is 12.6. The summed E-state index contributed by atoms with van der Waals surface area (Å²) in [6.45, 7) is 6.56. The van der Waals surface area contributed by atoms with Crippen molar-refractivity contribution in [1.29, 1.82) is 0 Å². The topological polar surface area (TPSA) is 90.5 Å². The van der Waals surface area contributed by atoms with Crippen LogP contribution in [0.1, 0.15) is 62.8 Å². The molecule has 1 saturated heterocycles. The Hall–Kier alpha value is -3.19. The molecule has 0 saturated carbocycles. The van der Waals surface area contributed by atoms with Crippen LogP contribution in [0.5, 0.6) is 0 Å². The molecule has 3 N–H and O–H groups in total. The number of rotatable bonds is 9. The molecule has 7 nitrogen and oxygen atoms in total. The molecule has 1 heterocycles. The Labute approximate surface area is 226 Å². The molecule has 0 aromatic heterocycles. The van der Waals surface area contributed by atoms with Gasteiger partial charge in [0, 0.05) is 13.0 Å². The molecule has 38 heavy (non-hydrogen) atoms. The number of hydrogen-bond acceptors (Lipinski definition) is 4. The normalized spacial score (nSPS) is 22.4. The van der Waals surface area contributed by atoms with E-state index in [9.17, 15) is 14.4 Å². The molecule has 0 unspecified atom stereocenters. The van der Waals surface area contributed by atoms with Gasteiger partial charge in [0.15, 0.2) is 0 Å². The summed E-state index contributed by atoms with van der Waals surface area (Å²) in [6, 6.07) is 16.2. The van der Waals surface area contributed by atoms with E-state index in [-0.39, 0.29) is 29.7 Å². The molecular formula is C31H42N4O3. The van der Waals surface area contributed by atoms with Crippen molar-refractivity contribution in [2.45, 2.75) is 77.0 Å². The quantitative estimate of drug-likeness (QED) is 0.475. The summed E-state index contributed by atoms with van der Waals surface area (Å²) in [5.41, 5.74) is 3.43. The summed E-state index contributed by atoms with van der Waals surface area (Å²) in [4.78, 5) is 42.4. The zero-order chi connectivity index (χ0) is 27.2.